The van der Waals surface area contributed by atoms with Crippen molar-refractivity contribution in [2.24, 2.45) is 0 Å². The molecule has 3 heterocycles. The predicted molar refractivity (Wildman–Crippen MR) is 85.4 cm³/mol. The van der Waals surface area contributed by atoms with E-state index >= 15 is 0 Å². The highest BCUT2D eigenvalue weighted by molar-refractivity contribution is 5.92. The molecular formula is C17H22N4O. The van der Waals surface area contributed by atoms with E-state index in [1.165, 1.54) is 0 Å². The van der Waals surface area contributed by atoms with E-state index in [4.69, 9.17) is 0 Å². The van der Waals surface area contributed by atoms with Gasteiger partial charge >= 0.3 is 0 Å². The van der Waals surface area contributed by atoms with Crippen LogP contribution in [0.5, 0.6) is 0 Å². The standard InChI is InChI=1S/C17H22N4O/c22-17(16-7-4-11-20-16)21(13-14-5-1-2-10-19-14)15-6-3-9-18-12-8-15/h1-2,4-5,7,10-11,15,18,20H,3,6,8-9,12-13H2/t15-/m1/s1. The Kier molecular flexibility index (Phi) is 4.85. The lowest BCUT2D eigenvalue weighted by Crippen LogP contribution is -2.40. The number of carbonyl (C=O) groups is 1. The van der Waals surface area contributed by atoms with Crippen LogP contribution in [0, 0.1) is 0 Å². The van der Waals surface area contributed by atoms with Crippen LogP contribution in [0.4, 0.5) is 0 Å². The summed E-state index contributed by atoms with van der Waals surface area (Å²) in [4.78, 5) is 22.3. The number of aromatic nitrogens is 2. The molecule has 0 saturated carbocycles. The fraction of sp³-hybridized carbons (Fsp3) is 0.412. The third kappa shape index (κ3) is 3.54. The lowest BCUT2D eigenvalue weighted by molar-refractivity contribution is 0.0637. The summed E-state index contributed by atoms with van der Waals surface area (Å²) < 4.78 is 0. The minimum Gasteiger partial charge on any atom is -0.357 e. The summed E-state index contributed by atoms with van der Waals surface area (Å²) in [5.74, 6) is 0.0579. The molecule has 1 aliphatic heterocycles. The molecule has 1 aliphatic rings. The van der Waals surface area contributed by atoms with Crippen molar-refractivity contribution in [1.82, 2.24) is 20.2 Å². The van der Waals surface area contributed by atoms with Gasteiger partial charge in [-0.05, 0) is 56.6 Å². The molecule has 1 atom stereocenters. The Morgan fingerprint density at radius 2 is 2.18 bits per heavy atom. The fourth-order valence-electron chi connectivity index (χ4n) is 2.96. The van der Waals surface area contributed by atoms with Crippen LogP contribution in [0.15, 0.2) is 42.7 Å². The monoisotopic (exact) mass is 298 g/mol. The minimum absolute atomic E-state index is 0.0579. The summed E-state index contributed by atoms with van der Waals surface area (Å²) in [5, 5.41) is 3.41. The Morgan fingerprint density at radius 1 is 1.23 bits per heavy atom. The number of amides is 1. The number of pyridine rings is 1. The molecule has 0 bridgehead atoms. The molecule has 116 valence electrons. The summed E-state index contributed by atoms with van der Waals surface area (Å²) in [6.45, 7) is 2.55. The average Bonchev–Trinajstić information content (AvgIpc) is 2.96. The Morgan fingerprint density at radius 3 is 2.95 bits per heavy atom. The molecule has 5 heteroatoms. The van der Waals surface area contributed by atoms with Crippen LogP contribution in [0.3, 0.4) is 0 Å². The van der Waals surface area contributed by atoms with Gasteiger partial charge in [-0.2, -0.15) is 0 Å². The Hall–Kier alpha value is -2.14. The van der Waals surface area contributed by atoms with Gasteiger partial charge in [-0.25, -0.2) is 0 Å². The first-order chi connectivity index (χ1) is 10.8. The molecule has 2 aromatic heterocycles. The number of rotatable bonds is 4. The van der Waals surface area contributed by atoms with E-state index in [2.05, 4.69) is 15.3 Å². The van der Waals surface area contributed by atoms with Gasteiger partial charge in [0.05, 0.1) is 12.2 Å². The Labute approximate surface area is 130 Å². The van der Waals surface area contributed by atoms with Crippen LogP contribution in [-0.2, 0) is 6.54 Å². The van der Waals surface area contributed by atoms with Gasteiger partial charge in [0.1, 0.15) is 5.69 Å². The van der Waals surface area contributed by atoms with Crippen LogP contribution in [0.25, 0.3) is 0 Å². The van der Waals surface area contributed by atoms with Crippen molar-refractivity contribution in [2.45, 2.75) is 31.8 Å². The second-order valence-corrected chi connectivity index (χ2v) is 5.67. The van der Waals surface area contributed by atoms with E-state index in [0.717, 1.165) is 38.0 Å². The number of hydrogen-bond donors (Lipinski definition) is 2. The van der Waals surface area contributed by atoms with Gasteiger partial charge in [0.25, 0.3) is 5.91 Å². The number of hydrogen-bond acceptors (Lipinski definition) is 3. The van der Waals surface area contributed by atoms with Crippen LogP contribution < -0.4 is 5.32 Å². The molecule has 2 aromatic rings. The van der Waals surface area contributed by atoms with Crippen molar-refractivity contribution in [3.63, 3.8) is 0 Å². The van der Waals surface area contributed by atoms with E-state index in [1.54, 1.807) is 12.4 Å². The summed E-state index contributed by atoms with van der Waals surface area (Å²) in [6, 6.07) is 9.80. The molecule has 5 nitrogen and oxygen atoms in total. The van der Waals surface area contributed by atoms with Gasteiger partial charge in [-0.3, -0.25) is 9.78 Å². The molecule has 1 amide bonds. The van der Waals surface area contributed by atoms with Crippen molar-refractivity contribution in [2.75, 3.05) is 13.1 Å². The lowest BCUT2D eigenvalue weighted by Gasteiger charge is -2.30. The zero-order chi connectivity index (χ0) is 15.2. The fourth-order valence-corrected chi connectivity index (χ4v) is 2.96. The van der Waals surface area contributed by atoms with Gasteiger partial charge in [-0.15, -0.1) is 0 Å². The molecule has 2 N–H and O–H groups in total. The summed E-state index contributed by atoms with van der Waals surface area (Å²) in [6.07, 6.45) is 6.69. The van der Waals surface area contributed by atoms with Crippen molar-refractivity contribution < 1.29 is 4.79 Å². The second kappa shape index (κ2) is 7.22. The molecule has 0 aliphatic carbocycles. The van der Waals surface area contributed by atoms with Gasteiger partial charge in [0.2, 0.25) is 0 Å². The number of H-pyrrole nitrogens is 1. The summed E-state index contributed by atoms with van der Waals surface area (Å²) >= 11 is 0. The van der Waals surface area contributed by atoms with Crippen molar-refractivity contribution in [3.8, 4) is 0 Å². The van der Waals surface area contributed by atoms with Crippen LogP contribution in [0.2, 0.25) is 0 Å². The molecule has 1 saturated heterocycles. The van der Waals surface area contributed by atoms with Gasteiger partial charge < -0.3 is 15.2 Å². The molecular weight excluding hydrogens is 276 g/mol. The molecule has 0 radical (unpaired) electrons. The third-order valence-electron chi connectivity index (χ3n) is 4.13. The van der Waals surface area contributed by atoms with Crippen LogP contribution in [-0.4, -0.2) is 39.9 Å². The summed E-state index contributed by atoms with van der Waals surface area (Å²) in [5.41, 5.74) is 1.58. The molecule has 0 aromatic carbocycles. The molecule has 3 rings (SSSR count). The smallest absolute Gasteiger partial charge is 0.270 e. The Bertz CT molecular complexity index is 574. The van der Waals surface area contributed by atoms with E-state index in [1.807, 2.05) is 35.2 Å². The van der Waals surface area contributed by atoms with E-state index < -0.39 is 0 Å². The second-order valence-electron chi connectivity index (χ2n) is 5.67. The highest BCUT2D eigenvalue weighted by Gasteiger charge is 2.26. The predicted octanol–water partition coefficient (Wildman–Crippen LogP) is 2.19. The maximum absolute atomic E-state index is 12.9. The highest BCUT2D eigenvalue weighted by atomic mass is 16.2. The highest BCUT2D eigenvalue weighted by Crippen LogP contribution is 2.18. The maximum Gasteiger partial charge on any atom is 0.270 e. The normalized spacial score (nSPS) is 18.6. The van der Waals surface area contributed by atoms with E-state index in [-0.39, 0.29) is 11.9 Å². The topological polar surface area (TPSA) is 61.0 Å². The van der Waals surface area contributed by atoms with Gasteiger partial charge in [0, 0.05) is 18.4 Å². The third-order valence-corrected chi connectivity index (χ3v) is 4.13. The number of nitrogens with zero attached hydrogens (tertiary/aromatic N) is 2. The molecule has 22 heavy (non-hydrogen) atoms. The quantitative estimate of drug-likeness (QED) is 0.909. The SMILES string of the molecule is O=C(c1ccc[nH]1)N(Cc1ccccn1)[C@@H]1CCCNCC1. The first-order valence-corrected chi connectivity index (χ1v) is 7.89. The van der Waals surface area contributed by atoms with Crippen molar-refractivity contribution in [3.05, 3.63) is 54.1 Å². The average molecular weight is 298 g/mol. The number of aromatic amines is 1. The van der Waals surface area contributed by atoms with Crippen molar-refractivity contribution >= 4 is 5.91 Å². The van der Waals surface area contributed by atoms with E-state index in [9.17, 15) is 4.79 Å². The maximum atomic E-state index is 12.9. The lowest BCUT2D eigenvalue weighted by atomic mass is 10.1. The number of nitrogens with one attached hydrogen (secondary N) is 2. The molecule has 0 unspecified atom stereocenters. The first kappa shape index (κ1) is 14.8. The summed E-state index contributed by atoms with van der Waals surface area (Å²) in [7, 11) is 0. The van der Waals surface area contributed by atoms with E-state index in [0.29, 0.717) is 12.2 Å². The zero-order valence-corrected chi connectivity index (χ0v) is 12.7. The van der Waals surface area contributed by atoms with Gasteiger partial charge in [0.15, 0.2) is 0 Å². The Balaban J connectivity index is 1.82. The number of carbonyl (C=O) groups excluding carboxylic acids is 1. The molecule has 0 spiro atoms. The van der Waals surface area contributed by atoms with Crippen molar-refractivity contribution in [1.29, 1.82) is 0 Å². The largest absolute Gasteiger partial charge is 0.357 e. The van der Waals surface area contributed by atoms with Crippen LogP contribution in [0.1, 0.15) is 35.4 Å². The van der Waals surface area contributed by atoms with Gasteiger partial charge in [-0.1, -0.05) is 6.07 Å². The zero-order valence-electron chi connectivity index (χ0n) is 12.7. The van der Waals surface area contributed by atoms with Crippen LogP contribution >= 0.6 is 0 Å². The first-order valence-electron chi connectivity index (χ1n) is 7.89. The molecule has 1 fully saturated rings. The minimum atomic E-state index is 0.0579.